The second kappa shape index (κ2) is 5.45. The summed E-state index contributed by atoms with van der Waals surface area (Å²) in [7, 11) is 0.916. The Kier molecular flexibility index (Phi) is 4.38. The van der Waals surface area contributed by atoms with E-state index in [1.165, 1.54) is 0 Å². The Balaban J connectivity index is 3.37. The maximum atomic E-state index is 13.1. The molecule has 0 aliphatic heterocycles. The summed E-state index contributed by atoms with van der Waals surface area (Å²) >= 11 is 0. The number of halogens is 6. The van der Waals surface area contributed by atoms with Crippen molar-refractivity contribution in [3.05, 3.63) is 28.8 Å². The summed E-state index contributed by atoms with van der Waals surface area (Å²) in [6, 6.07) is -0.0503. The molecule has 0 aromatic carbocycles. The number of rotatable bonds is 3. The molecule has 0 aliphatic rings. The molecule has 1 aromatic heterocycles. The first kappa shape index (κ1) is 15.3. The highest BCUT2D eigenvalue weighted by Crippen LogP contribution is 2.34. The predicted octanol–water partition coefficient (Wildman–Crippen LogP) is 2.89. The minimum Gasteiger partial charge on any atom is -0.469 e. The molecule has 1 rings (SSSR count). The molecule has 0 amide bonds. The number of alkyl halides is 5. The molecule has 0 radical (unpaired) electrons. The standard InChI is InChI=1S/C10H7F6NO2/c1-19-7(18)3-6-5(10(14,15)16)2-4(8(11)12)9(13)17-6/h2,8H,3H2,1H3. The number of methoxy groups -OCH3 is 1. The van der Waals surface area contributed by atoms with E-state index in [1.54, 1.807) is 0 Å². The van der Waals surface area contributed by atoms with E-state index in [-0.39, 0.29) is 6.07 Å². The molecule has 0 N–H and O–H groups in total. The average Bonchev–Trinajstić information content (AvgIpc) is 2.26. The van der Waals surface area contributed by atoms with E-state index in [9.17, 15) is 31.1 Å². The van der Waals surface area contributed by atoms with E-state index in [0.29, 0.717) is 0 Å². The SMILES string of the molecule is COC(=O)Cc1nc(F)c(C(F)F)cc1C(F)(F)F. The zero-order valence-electron chi connectivity index (χ0n) is 9.39. The third kappa shape index (κ3) is 3.58. The molecule has 0 bridgehead atoms. The van der Waals surface area contributed by atoms with Crippen LogP contribution in [0.5, 0.6) is 0 Å². The average molecular weight is 287 g/mol. The van der Waals surface area contributed by atoms with E-state index < -0.39 is 47.8 Å². The summed E-state index contributed by atoms with van der Waals surface area (Å²) in [6.45, 7) is 0. The van der Waals surface area contributed by atoms with Crippen molar-refractivity contribution in [3.8, 4) is 0 Å². The summed E-state index contributed by atoms with van der Waals surface area (Å²) in [4.78, 5) is 13.7. The van der Waals surface area contributed by atoms with Gasteiger partial charge >= 0.3 is 12.1 Å². The Morgan fingerprint density at radius 1 is 1.42 bits per heavy atom. The van der Waals surface area contributed by atoms with Crippen LogP contribution in [-0.4, -0.2) is 18.1 Å². The van der Waals surface area contributed by atoms with E-state index in [0.717, 1.165) is 7.11 Å². The molecule has 1 heterocycles. The first-order chi connectivity index (χ1) is 8.66. The fraction of sp³-hybridized carbons (Fsp3) is 0.400. The molecular formula is C10H7F6NO2. The number of carbonyl (C=O) groups excluding carboxylic acids is 1. The van der Waals surface area contributed by atoms with Gasteiger partial charge in [-0.25, -0.2) is 13.8 Å². The molecule has 0 saturated heterocycles. The third-order valence-corrected chi connectivity index (χ3v) is 2.16. The fourth-order valence-corrected chi connectivity index (χ4v) is 1.28. The van der Waals surface area contributed by atoms with Gasteiger partial charge in [-0.15, -0.1) is 0 Å². The van der Waals surface area contributed by atoms with Gasteiger partial charge in [-0.05, 0) is 6.07 Å². The minimum atomic E-state index is -5.03. The summed E-state index contributed by atoms with van der Waals surface area (Å²) in [5.41, 5.74) is -4.06. The highest BCUT2D eigenvalue weighted by atomic mass is 19.4. The lowest BCUT2D eigenvalue weighted by Crippen LogP contribution is -2.17. The highest BCUT2D eigenvalue weighted by molar-refractivity contribution is 5.72. The van der Waals surface area contributed by atoms with Gasteiger partial charge < -0.3 is 4.74 Å². The topological polar surface area (TPSA) is 39.2 Å². The van der Waals surface area contributed by atoms with Gasteiger partial charge in [-0.3, -0.25) is 4.79 Å². The van der Waals surface area contributed by atoms with Gasteiger partial charge in [-0.2, -0.15) is 17.6 Å². The number of ether oxygens (including phenoxy) is 1. The number of carbonyl (C=O) groups is 1. The normalized spacial score (nSPS) is 11.8. The van der Waals surface area contributed by atoms with Crippen molar-refractivity contribution < 1.29 is 35.9 Å². The van der Waals surface area contributed by atoms with Gasteiger partial charge in [0.2, 0.25) is 5.95 Å². The van der Waals surface area contributed by atoms with Crippen molar-refractivity contribution in [2.24, 2.45) is 0 Å². The van der Waals surface area contributed by atoms with E-state index in [1.807, 2.05) is 0 Å². The zero-order chi connectivity index (χ0) is 14.8. The van der Waals surface area contributed by atoms with Crippen LogP contribution in [0.2, 0.25) is 0 Å². The molecule has 0 atom stereocenters. The maximum Gasteiger partial charge on any atom is 0.418 e. The maximum absolute atomic E-state index is 13.1. The predicted molar refractivity (Wildman–Crippen MR) is 49.9 cm³/mol. The largest absolute Gasteiger partial charge is 0.469 e. The minimum absolute atomic E-state index is 0.0503. The van der Waals surface area contributed by atoms with Gasteiger partial charge in [0.1, 0.15) is 0 Å². The summed E-state index contributed by atoms with van der Waals surface area (Å²) in [6.07, 6.45) is -9.44. The van der Waals surface area contributed by atoms with Crippen LogP contribution < -0.4 is 0 Å². The van der Waals surface area contributed by atoms with Crippen LogP contribution in [0.1, 0.15) is 23.2 Å². The molecule has 0 aliphatic carbocycles. The number of hydrogen-bond donors (Lipinski definition) is 0. The van der Waals surface area contributed by atoms with E-state index >= 15 is 0 Å². The summed E-state index contributed by atoms with van der Waals surface area (Å²) in [5, 5.41) is 0. The molecule has 9 heteroatoms. The monoisotopic (exact) mass is 287 g/mol. The lowest BCUT2D eigenvalue weighted by atomic mass is 10.1. The highest BCUT2D eigenvalue weighted by Gasteiger charge is 2.37. The Labute approximate surface area is 103 Å². The van der Waals surface area contributed by atoms with Crippen LogP contribution in [-0.2, 0) is 22.1 Å². The summed E-state index contributed by atoms with van der Waals surface area (Å²) < 4.78 is 79.7. The smallest absolute Gasteiger partial charge is 0.418 e. The van der Waals surface area contributed by atoms with Crippen molar-refractivity contribution in [1.82, 2.24) is 4.98 Å². The quantitative estimate of drug-likeness (QED) is 0.487. The Morgan fingerprint density at radius 2 is 2.00 bits per heavy atom. The number of hydrogen-bond acceptors (Lipinski definition) is 3. The molecule has 1 aromatic rings. The lowest BCUT2D eigenvalue weighted by molar-refractivity contribution is -0.141. The first-order valence-electron chi connectivity index (χ1n) is 4.78. The van der Waals surface area contributed by atoms with E-state index in [4.69, 9.17) is 0 Å². The van der Waals surface area contributed by atoms with Crippen molar-refractivity contribution in [2.45, 2.75) is 19.0 Å². The summed E-state index contributed by atoms with van der Waals surface area (Å²) in [5.74, 6) is -2.84. The molecular weight excluding hydrogens is 280 g/mol. The molecule has 0 saturated carbocycles. The number of esters is 1. The molecule has 3 nitrogen and oxygen atoms in total. The second-order valence-electron chi connectivity index (χ2n) is 3.41. The number of aromatic nitrogens is 1. The number of nitrogens with zero attached hydrogens (tertiary/aromatic N) is 1. The Morgan fingerprint density at radius 3 is 2.42 bits per heavy atom. The van der Waals surface area contributed by atoms with Gasteiger partial charge in [0.15, 0.2) is 0 Å². The van der Waals surface area contributed by atoms with Gasteiger partial charge in [0.05, 0.1) is 30.4 Å². The molecule has 0 unspecified atom stereocenters. The molecule has 19 heavy (non-hydrogen) atoms. The van der Waals surface area contributed by atoms with Crippen molar-refractivity contribution in [3.63, 3.8) is 0 Å². The van der Waals surface area contributed by atoms with Gasteiger partial charge in [-0.1, -0.05) is 0 Å². The van der Waals surface area contributed by atoms with Crippen LogP contribution in [0.4, 0.5) is 26.3 Å². The van der Waals surface area contributed by atoms with Gasteiger partial charge in [0.25, 0.3) is 6.43 Å². The molecule has 0 fully saturated rings. The van der Waals surface area contributed by atoms with Crippen molar-refractivity contribution in [2.75, 3.05) is 7.11 Å². The lowest BCUT2D eigenvalue weighted by Gasteiger charge is -2.13. The van der Waals surface area contributed by atoms with Gasteiger partial charge in [0, 0.05) is 0 Å². The van der Waals surface area contributed by atoms with Crippen LogP contribution in [0, 0.1) is 5.95 Å². The third-order valence-electron chi connectivity index (χ3n) is 2.16. The molecule has 0 spiro atoms. The van der Waals surface area contributed by atoms with Crippen LogP contribution in [0.15, 0.2) is 6.07 Å². The van der Waals surface area contributed by atoms with Crippen LogP contribution >= 0.6 is 0 Å². The van der Waals surface area contributed by atoms with E-state index in [2.05, 4.69) is 9.72 Å². The van der Waals surface area contributed by atoms with Crippen LogP contribution in [0.25, 0.3) is 0 Å². The number of pyridine rings is 1. The molecule has 106 valence electrons. The fourth-order valence-electron chi connectivity index (χ4n) is 1.28. The Hall–Kier alpha value is -1.80. The van der Waals surface area contributed by atoms with Crippen LogP contribution in [0.3, 0.4) is 0 Å². The Bertz CT molecular complexity index is 486. The second-order valence-corrected chi connectivity index (χ2v) is 3.41. The first-order valence-corrected chi connectivity index (χ1v) is 4.78. The van der Waals surface area contributed by atoms with Crippen molar-refractivity contribution >= 4 is 5.97 Å². The zero-order valence-corrected chi connectivity index (χ0v) is 9.39. The van der Waals surface area contributed by atoms with Crippen molar-refractivity contribution in [1.29, 1.82) is 0 Å².